The normalized spacial score (nSPS) is 22.7. The maximum atomic E-state index is 10.5. The predicted molar refractivity (Wildman–Crippen MR) is 47.7 cm³/mol. The summed E-state index contributed by atoms with van der Waals surface area (Å²) < 4.78 is 4.99. The average molecular weight is 215 g/mol. The number of hydrogen-bond donors (Lipinski definition) is 1. The number of benzene rings is 1. The van der Waals surface area contributed by atoms with Gasteiger partial charge in [-0.2, -0.15) is 0 Å². The minimum Gasteiger partial charge on any atom is -0.548 e. The summed E-state index contributed by atoms with van der Waals surface area (Å²) in [6, 6.07) is 6.66. The molecule has 1 aromatic rings. The average Bonchev–Trinajstić information content (AvgIpc) is 2.97. The summed E-state index contributed by atoms with van der Waals surface area (Å²) in [5, 5.41) is 13.3. The molecule has 74 valence electrons. The van der Waals surface area contributed by atoms with Crippen LogP contribution in [0.25, 0.3) is 0 Å². The zero-order valence-corrected chi connectivity index (χ0v) is 10.7. The molecule has 0 unspecified atom stereocenters. The van der Waals surface area contributed by atoms with Crippen molar-refractivity contribution in [2.24, 2.45) is 0 Å². The number of carboxylic acids is 1. The molecule has 0 aliphatic carbocycles. The molecule has 1 aromatic carbocycles. The second-order valence-corrected chi connectivity index (χ2v) is 3.21. The third kappa shape index (κ3) is 2.72. The molecular formula is C10H10NNaO3. The number of hydrogen-bond acceptors (Lipinski definition) is 4. The fourth-order valence-corrected chi connectivity index (χ4v) is 1.44. The number of rotatable bonds is 3. The molecule has 1 aliphatic rings. The summed E-state index contributed by atoms with van der Waals surface area (Å²) in [7, 11) is 1.59. The summed E-state index contributed by atoms with van der Waals surface area (Å²) in [6.07, 6.45) is 0. The fourth-order valence-electron chi connectivity index (χ4n) is 1.44. The SMILES string of the molecule is COc1ccc([C@@H]2N[C@@H]2C(=O)[O-])cc1.[Na+]. The Morgan fingerprint density at radius 3 is 2.40 bits per heavy atom. The van der Waals surface area contributed by atoms with E-state index in [0.29, 0.717) is 0 Å². The van der Waals surface area contributed by atoms with Gasteiger partial charge in [0, 0.05) is 0 Å². The van der Waals surface area contributed by atoms with Crippen LogP contribution in [-0.4, -0.2) is 19.1 Å². The molecule has 1 fully saturated rings. The topological polar surface area (TPSA) is 71.3 Å². The fraction of sp³-hybridized carbons (Fsp3) is 0.300. The minimum absolute atomic E-state index is 0. The van der Waals surface area contributed by atoms with Crippen LogP contribution >= 0.6 is 0 Å². The maximum absolute atomic E-state index is 10.5. The Balaban J connectivity index is 0.00000112. The zero-order chi connectivity index (χ0) is 10.1. The number of nitrogens with one attached hydrogen (secondary N) is 1. The van der Waals surface area contributed by atoms with Crippen LogP contribution in [0.4, 0.5) is 0 Å². The third-order valence-electron chi connectivity index (χ3n) is 2.31. The van der Waals surface area contributed by atoms with Crippen LogP contribution < -0.4 is 44.7 Å². The number of methoxy groups -OCH3 is 1. The van der Waals surface area contributed by atoms with Gasteiger partial charge in [0.1, 0.15) is 5.75 Å². The van der Waals surface area contributed by atoms with Crippen LogP contribution in [0.15, 0.2) is 24.3 Å². The van der Waals surface area contributed by atoms with E-state index < -0.39 is 12.0 Å². The van der Waals surface area contributed by atoms with Gasteiger partial charge in [0.05, 0.1) is 25.2 Å². The molecule has 0 radical (unpaired) electrons. The first kappa shape index (κ1) is 12.5. The van der Waals surface area contributed by atoms with E-state index in [1.807, 2.05) is 24.3 Å². The van der Waals surface area contributed by atoms with Crippen LogP contribution in [0, 0.1) is 0 Å². The Morgan fingerprint density at radius 2 is 2.00 bits per heavy atom. The van der Waals surface area contributed by atoms with Crippen molar-refractivity contribution >= 4 is 5.97 Å². The van der Waals surface area contributed by atoms with Crippen molar-refractivity contribution in [3.8, 4) is 5.75 Å². The van der Waals surface area contributed by atoms with Crippen molar-refractivity contribution in [1.29, 1.82) is 0 Å². The summed E-state index contributed by atoms with van der Waals surface area (Å²) >= 11 is 0. The molecular weight excluding hydrogens is 205 g/mol. The van der Waals surface area contributed by atoms with Gasteiger partial charge >= 0.3 is 29.6 Å². The molecule has 1 aliphatic heterocycles. The molecule has 5 heteroatoms. The minimum atomic E-state index is -1.05. The second kappa shape index (κ2) is 4.99. The van der Waals surface area contributed by atoms with E-state index in [9.17, 15) is 9.90 Å². The molecule has 1 heterocycles. The molecule has 0 spiro atoms. The van der Waals surface area contributed by atoms with Crippen LogP contribution in [0.1, 0.15) is 11.6 Å². The van der Waals surface area contributed by atoms with E-state index in [0.717, 1.165) is 11.3 Å². The van der Waals surface area contributed by atoms with Crippen molar-refractivity contribution in [1.82, 2.24) is 5.32 Å². The van der Waals surface area contributed by atoms with Crippen molar-refractivity contribution in [2.45, 2.75) is 12.1 Å². The van der Waals surface area contributed by atoms with E-state index >= 15 is 0 Å². The molecule has 4 nitrogen and oxygen atoms in total. The number of ether oxygens (including phenoxy) is 1. The van der Waals surface area contributed by atoms with E-state index in [1.54, 1.807) is 7.11 Å². The van der Waals surface area contributed by atoms with Gasteiger partial charge in [-0.3, -0.25) is 5.32 Å². The molecule has 1 N–H and O–H groups in total. The first-order chi connectivity index (χ1) is 6.72. The van der Waals surface area contributed by atoms with Crippen LogP contribution in [0.5, 0.6) is 5.75 Å². The Kier molecular flexibility index (Phi) is 4.16. The Hall–Kier alpha value is -0.550. The summed E-state index contributed by atoms with van der Waals surface area (Å²) in [6.45, 7) is 0. The molecule has 0 saturated carbocycles. The third-order valence-corrected chi connectivity index (χ3v) is 2.31. The standard InChI is InChI=1S/C10H11NO3.Na/c1-14-7-4-2-6(3-5-7)8-9(11-8)10(12)13;/h2-5,8-9,11H,1H3,(H,12,13);/q;+1/p-1/t8-,9-;/m0./s1. The molecule has 0 bridgehead atoms. The number of aliphatic carboxylic acids is 1. The van der Waals surface area contributed by atoms with Crippen LogP contribution in [0.3, 0.4) is 0 Å². The second-order valence-electron chi connectivity index (χ2n) is 3.21. The zero-order valence-electron chi connectivity index (χ0n) is 8.69. The maximum Gasteiger partial charge on any atom is 1.00 e. The van der Waals surface area contributed by atoms with Gasteiger partial charge in [-0.05, 0) is 17.7 Å². The number of carbonyl (C=O) groups is 1. The van der Waals surface area contributed by atoms with Crippen molar-refractivity contribution in [2.75, 3.05) is 7.11 Å². The summed E-state index contributed by atoms with van der Waals surface area (Å²) in [5.41, 5.74) is 0.944. The number of carbonyl (C=O) groups excluding carboxylic acids is 1. The van der Waals surface area contributed by atoms with Gasteiger partial charge in [0.2, 0.25) is 0 Å². The number of carboxylic acid groups (broad SMARTS) is 1. The van der Waals surface area contributed by atoms with Gasteiger partial charge in [0.15, 0.2) is 0 Å². The van der Waals surface area contributed by atoms with Gasteiger partial charge in [0.25, 0.3) is 0 Å². The Labute approximate surface area is 110 Å². The predicted octanol–water partition coefficient (Wildman–Crippen LogP) is -3.54. The van der Waals surface area contributed by atoms with Gasteiger partial charge < -0.3 is 14.6 Å². The molecule has 1 saturated heterocycles. The summed E-state index contributed by atoms with van der Waals surface area (Å²) in [5.74, 6) is -0.287. The molecule has 0 amide bonds. The van der Waals surface area contributed by atoms with E-state index in [-0.39, 0.29) is 35.6 Å². The van der Waals surface area contributed by atoms with Crippen LogP contribution in [-0.2, 0) is 4.79 Å². The Morgan fingerprint density at radius 1 is 1.40 bits per heavy atom. The smallest absolute Gasteiger partial charge is 0.548 e. The van der Waals surface area contributed by atoms with Gasteiger partial charge in [-0.1, -0.05) is 12.1 Å². The first-order valence-electron chi connectivity index (χ1n) is 4.33. The Bertz CT molecular complexity index is 352. The summed E-state index contributed by atoms with van der Waals surface area (Å²) in [4.78, 5) is 10.5. The van der Waals surface area contributed by atoms with Crippen molar-refractivity contribution in [3.05, 3.63) is 29.8 Å². The van der Waals surface area contributed by atoms with Gasteiger partial charge in [-0.15, -0.1) is 0 Å². The molecule has 2 rings (SSSR count). The molecule has 2 atom stereocenters. The van der Waals surface area contributed by atoms with E-state index in [1.165, 1.54) is 0 Å². The monoisotopic (exact) mass is 215 g/mol. The van der Waals surface area contributed by atoms with E-state index in [4.69, 9.17) is 4.74 Å². The molecule has 0 aromatic heterocycles. The van der Waals surface area contributed by atoms with E-state index in [2.05, 4.69) is 5.32 Å². The van der Waals surface area contributed by atoms with Crippen molar-refractivity contribution in [3.63, 3.8) is 0 Å². The molecule has 15 heavy (non-hydrogen) atoms. The quantitative estimate of drug-likeness (QED) is 0.419. The largest absolute Gasteiger partial charge is 1.00 e. The van der Waals surface area contributed by atoms with Crippen molar-refractivity contribution < 1.29 is 44.2 Å². The van der Waals surface area contributed by atoms with Gasteiger partial charge in [-0.25, -0.2) is 0 Å². The first-order valence-corrected chi connectivity index (χ1v) is 4.33. The van der Waals surface area contributed by atoms with Crippen LogP contribution in [0.2, 0.25) is 0 Å².